The Kier molecular flexibility index (Phi) is 7.19. The number of allylic oxidation sites excluding steroid dienone is 1. The molecule has 26 heavy (non-hydrogen) atoms. The van der Waals surface area contributed by atoms with E-state index in [9.17, 15) is 0 Å². The van der Waals surface area contributed by atoms with Crippen molar-refractivity contribution < 1.29 is 56.4 Å². The first-order valence-corrected chi connectivity index (χ1v) is 9.82. The maximum Gasteiger partial charge on any atom is -1.00 e. The molecule has 0 N–H and O–H groups in total. The van der Waals surface area contributed by atoms with Crippen LogP contribution in [0.5, 0.6) is 0 Å². The van der Waals surface area contributed by atoms with Crippen LogP contribution in [0.4, 0.5) is 0 Å². The van der Waals surface area contributed by atoms with E-state index in [4.69, 9.17) is 0 Å². The zero-order valence-electron chi connectivity index (χ0n) is 13.9. The summed E-state index contributed by atoms with van der Waals surface area (Å²) in [7, 11) is 0. The van der Waals surface area contributed by atoms with E-state index in [-0.39, 0.29) is 56.4 Å². The van der Waals surface area contributed by atoms with Gasteiger partial charge in [-0.2, -0.15) is 0 Å². The number of fused-ring (bicyclic) bond motifs is 4. The van der Waals surface area contributed by atoms with Crippen molar-refractivity contribution >= 4 is 9.94 Å². The number of halogens is 3. The summed E-state index contributed by atoms with van der Waals surface area (Å²) in [5, 5.41) is 0. The summed E-state index contributed by atoms with van der Waals surface area (Å²) >= 11 is -0.220. The minimum atomic E-state index is -0.220. The van der Waals surface area contributed by atoms with Gasteiger partial charge in [-0.15, -0.1) is 0 Å². The van der Waals surface area contributed by atoms with Crippen LogP contribution in [-0.4, -0.2) is 0 Å². The summed E-state index contributed by atoms with van der Waals surface area (Å²) in [5.41, 5.74) is 8.93. The predicted molar refractivity (Wildman–Crippen MR) is 92.5 cm³/mol. The Labute approximate surface area is 182 Å². The summed E-state index contributed by atoms with van der Waals surface area (Å²) in [6.45, 7) is 0. The Balaban J connectivity index is 0.000000810. The van der Waals surface area contributed by atoms with Gasteiger partial charge >= 0.3 is 146 Å². The molecule has 1 atom stereocenters. The van der Waals surface area contributed by atoms with Crippen LogP contribution in [0, 0.1) is 0 Å². The Hall–Kier alpha value is -1.02. The second kappa shape index (κ2) is 8.78. The van der Waals surface area contributed by atoms with Crippen molar-refractivity contribution in [3.05, 3.63) is 95.1 Å². The first-order chi connectivity index (χ1) is 11.4. The molecule has 2 aliphatic rings. The van der Waals surface area contributed by atoms with E-state index in [1.165, 1.54) is 27.8 Å². The average molecular weight is 435 g/mol. The van der Waals surface area contributed by atoms with E-state index in [0.717, 1.165) is 6.42 Å². The normalized spacial score (nSPS) is 14.7. The summed E-state index contributed by atoms with van der Waals surface area (Å²) in [4.78, 5) is 0. The zero-order chi connectivity index (χ0) is 15.2. The summed E-state index contributed by atoms with van der Waals surface area (Å²) in [5.74, 6) is 0. The molecule has 0 radical (unpaired) electrons. The number of hydrogen-bond donors (Lipinski definition) is 0. The van der Waals surface area contributed by atoms with E-state index in [0.29, 0.717) is 4.22 Å². The fourth-order valence-electron chi connectivity index (χ4n) is 3.84. The number of benzene rings is 3. The van der Waals surface area contributed by atoms with Gasteiger partial charge in [0.2, 0.25) is 0 Å². The van der Waals surface area contributed by atoms with Gasteiger partial charge in [0.15, 0.2) is 0 Å². The van der Waals surface area contributed by atoms with Crippen LogP contribution in [0.1, 0.15) is 26.5 Å². The molecule has 0 fully saturated rings. The van der Waals surface area contributed by atoms with Crippen LogP contribution in [0.15, 0.2) is 72.8 Å². The standard InChI is InChI=1S/C13H9.C9H7.3ClH.Ti/c1-3-7-12-10(5-1)9-11-6-2-4-8-13(11)12;1-2-5-9-7-3-6-8(9)4-1;;;;/h1-5,7-8H,9H2;1-7H;3*1H;/q;;;;;+3/p-3. The van der Waals surface area contributed by atoms with Gasteiger partial charge in [-0.25, -0.2) is 0 Å². The maximum absolute atomic E-state index is 2.42. The van der Waals surface area contributed by atoms with Crippen LogP contribution in [0.2, 0.25) is 0 Å². The van der Waals surface area contributed by atoms with E-state index >= 15 is 0 Å². The van der Waals surface area contributed by atoms with Gasteiger partial charge in [-0.05, 0) is 0 Å². The van der Waals surface area contributed by atoms with E-state index in [1.807, 2.05) is 0 Å². The average Bonchev–Trinajstić information content (AvgIpc) is 3.17. The van der Waals surface area contributed by atoms with Crippen molar-refractivity contribution in [2.75, 3.05) is 0 Å². The second-order valence-corrected chi connectivity index (χ2v) is 8.54. The SMILES string of the molecule is C1=C[CH]([Ti+3][c]2cccc3c2Cc2ccccc2-3)c2ccccc21.[Cl-].[Cl-].[Cl-]. The van der Waals surface area contributed by atoms with Gasteiger partial charge < -0.3 is 37.2 Å². The molecule has 0 aliphatic heterocycles. The Morgan fingerprint density at radius 1 is 0.731 bits per heavy atom. The van der Waals surface area contributed by atoms with Gasteiger partial charge in [-0.1, -0.05) is 0 Å². The van der Waals surface area contributed by atoms with Crippen molar-refractivity contribution in [2.24, 2.45) is 0 Å². The molecular weight excluding hydrogens is 418 g/mol. The molecule has 0 amide bonds. The van der Waals surface area contributed by atoms with Crippen LogP contribution >= 0.6 is 0 Å². The number of rotatable bonds is 2. The summed E-state index contributed by atoms with van der Waals surface area (Å²) < 4.78 is 2.27. The molecule has 3 aromatic rings. The molecule has 0 heterocycles. The number of hydrogen-bond acceptors (Lipinski definition) is 0. The first kappa shape index (κ1) is 21.3. The van der Waals surface area contributed by atoms with E-state index in [1.54, 1.807) is 9.43 Å². The second-order valence-electron chi connectivity index (χ2n) is 6.28. The fraction of sp³-hybridized carbons (Fsp3) is 0.0909. The zero-order valence-corrected chi connectivity index (χ0v) is 17.8. The molecule has 1 unspecified atom stereocenters. The van der Waals surface area contributed by atoms with Crippen LogP contribution in [0.25, 0.3) is 17.2 Å². The van der Waals surface area contributed by atoms with Crippen molar-refractivity contribution in [3.8, 4) is 11.1 Å². The van der Waals surface area contributed by atoms with Crippen molar-refractivity contribution in [1.82, 2.24) is 0 Å². The quantitative estimate of drug-likeness (QED) is 0.281. The molecule has 2 aliphatic carbocycles. The van der Waals surface area contributed by atoms with Crippen molar-refractivity contribution in [1.29, 1.82) is 0 Å². The molecule has 0 spiro atoms. The van der Waals surface area contributed by atoms with Crippen molar-refractivity contribution in [3.63, 3.8) is 0 Å². The Bertz CT molecular complexity index is 950. The predicted octanol–water partition coefficient (Wildman–Crippen LogP) is -4.25. The van der Waals surface area contributed by atoms with Crippen LogP contribution < -0.4 is 41.1 Å². The molecule has 0 saturated carbocycles. The summed E-state index contributed by atoms with van der Waals surface area (Å²) in [6.07, 6.45) is 5.84. The van der Waals surface area contributed by atoms with Crippen LogP contribution in [-0.2, 0) is 25.6 Å². The van der Waals surface area contributed by atoms with E-state index in [2.05, 4.69) is 78.9 Å². The third-order valence-corrected chi connectivity index (χ3v) is 7.45. The molecule has 0 aromatic heterocycles. The van der Waals surface area contributed by atoms with Crippen LogP contribution in [0.3, 0.4) is 0 Å². The topological polar surface area (TPSA) is 0 Å². The molecule has 0 saturated heterocycles. The van der Waals surface area contributed by atoms with Crippen molar-refractivity contribution in [2.45, 2.75) is 10.6 Å². The molecule has 5 rings (SSSR count). The third-order valence-electron chi connectivity index (χ3n) is 4.96. The monoisotopic (exact) mass is 433 g/mol. The Morgan fingerprint density at radius 3 is 2.35 bits per heavy atom. The summed E-state index contributed by atoms with van der Waals surface area (Å²) in [6, 6.07) is 24.7. The molecule has 129 valence electrons. The fourth-order valence-corrected chi connectivity index (χ4v) is 6.23. The first-order valence-electron chi connectivity index (χ1n) is 8.14. The molecule has 0 bridgehead atoms. The molecular formula is C22H16Cl3Ti. The maximum atomic E-state index is 2.42. The van der Waals surface area contributed by atoms with Gasteiger partial charge in [0.1, 0.15) is 0 Å². The molecule has 3 aromatic carbocycles. The van der Waals surface area contributed by atoms with Gasteiger partial charge in [0.05, 0.1) is 0 Å². The van der Waals surface area contributed by atoms with E-state index < -0.39 is 0 Å². The van der Waals surface area contributed by atoms with Gasteiger partial charge in [0.25, 0.3) is 0 Å². The Morgan fingerprint density at radius 2 is 1.46 bits per heavy atom. The van der Waals surface area contributed by atoms with Gasteiger partial charge in [0, 0.05) is 0 Å². The minimum absolute atomic E-state index is 0. The molecule has 4 heteroatoms. The third kappa shape index (κ3) is 3.54. The largest absolute Gasteiger partial charge is 1.00 e. The van der Waals surface area contributed by atoms with Gasteiger partial charge in [-0.3, -0.25) is 0 Å². The minimum Gasteiger partial charge on any atom is -1.00 e. The smallest absolute Gasteiger partial charge is 1.00 e. The molecule has 0 nitrogen and oxygen atoms in total.